The molecule has 92 valence electrons. The Hall–Kier alpha value is 0.440. The van der Waals surface area contributed by atoms with E-state index in [1.165, 1.54) is 25.7 Å². The van der Waals surface area contributed by atoms with E-state index in [0.29, 0.717) is 13.2 Å². The Bertz CT molecular complexity index is 188. The summed E-state index contributed by atoms with van der Waals surface area (Å²) in [4.78, 5) is 0. The van der Waals surface area contributed by atoms with Crippen molar-refractivity contribution in [3.63, 3.8) is 0 Å². The van der Waals surface area contributed by atoms with Crippen LogP contribution < -0.4 is 0 Å². The molecule has 1 atom stereocenters. The summed E-state index contributed by atoms with van der Waals surface area (Å²) in [6.45, 7) is 1.39. The minimum atomic E-state index is -3.28. The summed E-state index contributed by atoms with van der Waals surface area (Å²) < 4.78 is 21.0. The fourth-order valence-electron chi connectivity index (χ4n) is 1.25. The second-order valence-corrected chi connectivity index (χ2v) is 6.07. The fourth-order valence-corrected chi connectivity index (χ4v) is 2.48. The molecule has 0 aliphatic carbocycles. The van der Waals surface area contributed by atoms with Crippen LogP contribution in [0.2, 0.25) is 0 Å². The molecule has 0 amide bonds. The lowest BCUT2D eigenvalue weighted by Crippen LogP contribution is -1.93. The van der Waals surface area contributed by atoms with Crippen molar-refractivity contribution >= 4 is 18.2 Å². The maximum Gasteiger partial charge on any atom is 0.424 e. The zero-order chi connectivity index (χ0) is 11.6. The van der Waals surface area contributed by atoms with E-state index in [4.69, 9.17) is 20.3 Å². The molecule has 1 unspecified atom stereocenters. The highest BCUT2D eigenvalue weighted by Crippen LogP contribution is 2.53. The summed E-state index contributed by atoms with van der Waals surface area (Å²) in [6, 6.07) is 0. The van der Waals surface area contributed by atoms with Gasteiger partial charge in [0.25, 0.3) is 0 Å². The first-order chi connectivity index (χ1) is 7.12. The highest BCUT2D eigenvalue weighted by molar-refractivity contribution is 7.81. The Morgan fingerprint density at radius 1 is 1.00 bits per heavy atom. The molecule has 0 aromatic heterocycles. The third kappa shape index (κ3) is 10.7. The molecule has 0 spiro atoms. The van der Waals surface area contributed by atoms with E-state index in [-0.39, 0.29) is 0 Å². The average Bonchev–Trinajstić information content (AvgIpc) is 2.16. The van der Waals surface area contributed by atoms with Crippen molar-refractivity contribution in [3.05, 3.63) is 0 Å². The number of hydrogen-bond acceptors (Lipinski definition) is 3. The smallest absolute Gasteiger partial charge is 0.297 e. The SMILES string of the molecule is CCCCCCCCOP(=O)(Cl)OCC. The van der Waals surface area contributed by atoms with Gasteiger partial charge in [0, 0.05) is 11.2 Å². The third-order valence-corrected chi connectivity index (χ3v) is 3.67. The first-order valence-corrected chi connectivity index (χ1v) is 8.16. The molecule has 3 nitrogen and oxygen atoms in total. The van der Waals surface area contributed by atoms with Crippen LogP contribution in [0, 0.1) is 0 Å². The first kappa shape index (κ1) is 15.4. The van der Waals surface area contributed by atoms with Crippen molar-refractivity contribution in [1.82, 2.24) is 0 Å². The highest BCUT2D eigenvalue weighted by Gasteiger charge is 2.18. The Kier molecular flexibility index (Phi) is 9.93. The molecule has 0 bridgehead atoms. The second kappa shape index (κ2) is 9.65. The standard InChI is InChI=1S/C10H22ClO3P/c1-3-5-6-7-8-9-10-14-15(11,12)13-4-2/h3-10H2,1-2H3. The van der Waals surface area contributed by atoms with Gasteiger partial charge in [0.1, 0.15) is 0 Å². The molecule has 0 aromatic rings. The minimum absolute atomic E-state index is 0.317. The van der Waals surface area contributed by atoms with Crippen LogP contribution in [0.15, 0.2) is 0 Å². The van der Waals surface area contributed by atoms with Gasteiger partial charge < -0.3 is 0 Å². The number of halogens is 1. The number of rotatable bonds is 10. The van der Waals surface area contributed by atoms with Gasteiger partial charge in [0.15, 0.2) is 0 Å². The van der Waals surface area contributed by atoms with Gasteiger partial charge in [-0.1, -0.05) is 39.0 Å². The van der Waals surface area contributed by atoms with Crippen LogP contribution in [-0.2, 0) is 13.6 Å². The van der Waals surface area contributed by atoms with Gasteiger partial charge in [-0.25, -0.2) is 4.57 Å². The van der Waals surface area contributed by atoms with E-state index in [0.717, 1.165) is 12.8 Å². The maximum absolute atomic E-state index is 11.3. The Labute approximate surface area is 97.8 Å². The topological polar surface area (TPSA) is 35.5 Å². The molecule has 0 radical (unpaired) electrons. The Balaban J connectivity index is 3.26. The quantitative estimate of drug-likeness (QED) is 0.418. The van der Waals surface area contributed by atoms with Gasteiger partial charge in [-0.15, -0.1) is 0 Å². The van der Waals surface area contributed by atoms with Crippen LogP contribution in [0.3, 0.4) is 0 Å². The maximum atomic E-state index is 11.3. The molecule has 0 heterocycles. The van der Waals surface area contributed by atoms with Crippen LogP contribution in [0.25, 0.3) is 0 Å². The first-order valence-electron chi connectivity index (χ1n) is 5.71. The lowest BCUT2D eigenvalue weighted by atomic mass is 10.1. The van der Waals surface area contributed by atoms with Crippen molar-refractivity contribution < 1.29 is 13.6 Å². The van der Waals surface area contributed by atoms with Crippen molar-refractivity contribution in [2.45, 2.75) is 52.4 Å². The highest BCUT2D eigenvalue weighted by atomic mass is 35.7. The monoisotopic (exact) mass is 256 g/mol. The normalized spacial score (nSPS) is 15.1. The molecule has 5 heteroatoms. The van der Waals surface area contributed by atoms with Crippen LogP contribution >= 0.6 is 18.2 Å². The minimum Gasteiger partial charge on any atom is -0.297 e. The summed E-state index contributed by atoms with van der Waals surface area (Å²) in [5, 5.41) is 0. The van der Waals surface area contributed by atoms with Gasteiger partial charge in [-0.3, -0.25) is 9.05 Å². The summed E-state index contributed by atoms with van der Waals surface area (Å²) >= 11 is 5.51. The molecule has 0 N–H and O–H groups in total. The average molecular weight is 257 g/mol. The van der Waals surface area contributed by atoms with Gasteiger partial charge >= 0.3 is 6.95 Å². The van der Waals surface area contributed by atoms with Crippen molar-refractivity contribution in [2.24, 2.45) is 0 Å². The molecule has 0 aromatic carbocycles. The van der Waals surface area contributed by atoms with Gasteiger partial charge in [0.05, 0.1) is 13.2 Å². The second-order valence-electron chi connectivity index (χ2n) is 3.45. The molecule has 0 aliphatic heterocycles. The van der Waals surface area contributed by atoms with Crippen molar-refractivity contribution in [1.29, 1.82) is 0 Å². The summed E-state index contributed by atoms with van der Waals surface area (Å²) in [5.41, 5.74) is 0. The predicted molar refractivity (Wildman–Crippen MR) is 64.4 cm³/mol. The Morgan fingerprint density at radius 2 is 1.60 bits per heavy atom. The number of unbranched alkanes of at least 4 members (excludes halogenated alkanes) is 5. The zero-order valence-electron chi connectivity index (χ0n) is 9.71. The van der Waals surface area contributed by atoms with Crippen LogP contribution in [0.4, 0.5) is 0 Å². The fraction of sp³-hybridized carbons (Fsp3) is 1.00. The van der Waals surface area contributed by atoms with Gasteiger partial charge in [-0.2, -0.15) is 0 Å². The summed E-state index contributed by atoms with van der Waals surface area (Å²) in [6.07, 6.45) is 7.00. The van der Waals surface area contributed by atoms with Crippen molar-refractivity contribution in [3.8, 4) is 0 Å². The zero-order valence-corrected chi connectivity index (χ0v) is 11.4. The largest absolute Gasteiger partial charge is 0.424 e. The third-order valence-electron chi connectivity index (χ3n) is 2.03. The molecule has 0 fully saturated rings. The van der Waals surface area contributed by atoms with E-state index < -0.39 is 6.95 Å². The molecule has 0 saturated heterocycles. The Morgan fingerprint density at radius 3 is 2.20 bits per heavy atom. The van der Waals surface area contributed by atoms with Crippen LogP contribution in [0.1, 0.15) is 52.4 Å². The van der Waals surface area contributed by atoms with E-state index >= 15 is 0 Å². The van der Waals surface area contributed by atoms with E-state index in [1.807, 2.05) is 0 Å². The number of hydrogen-bond donors (Lipinski definition) is 0. The molecule has 15 heavy (non-hydrogen) atoms. The lowest BCUT2D eigenvalue weighted by molar-refractivity contribution is 0.222. The molecule has 0 aliphatic rings. The molecule has 0 rings (SSSR count). The van der Waals surface area contributed by atoms with E-state index in [9.17, 15) is 4.57 Å². The van der Waals surface area contributed by atoms with E-state index in [1.54, 1.807) is 6.92 Å². The van der Waals surface area contributed by atoms with Gasteiger partial charge in [-0.05, 0) is 13.3 Å². The lowest BCUT2D eigenvalue weighted by Gasteiger charge is -2.09. The van der Waals surface area contributed by atoms with Crippen molar-refractivity contribution in [2.75, 3.05) is 13.2 Å². The molecule has 0 saturated carbocycles. The van der Waals surface area contributed by atoms with E-state index in [2.05, 4.69) is 6.92 Å². The molecular weight excluding hydrogens is 235 g/mol. The summed E-state index contributed by atoms with van der Waals surface area (Å²) in [5.74, 6) is 0. The summed E-state index contributed by atoms with van der Waals surface area (Å²) in [7, 11) is 0. The van der Waals surface area contributed by atoms with Gasteiger partial charge in [0.2, 0.25) is 0 Å². The van der Waals surface area contributed by atoms with Crippen LogP contribution in [-0.4, -0.2) is 13.2 Å². The van der Waals surface area contributed by atoms with Crippen LogP contribution in [0.5, 0.6) is 0 Å². The predicted octanol–water partition coefficient (Wildman–Crippen LogP) is 4.75. The molecular formula is C10H22ClO3P.